The molecule has 11 heavy (non-hydrogen) atoms. The molecule has 0 spiro atoms. The van der Waals surface area contributed by atoms with E-state index in [1.54, 1.807) is 12.1 Å². The minimum Gasteiger partial charge on any atom is -0.373 e. The molecule has 0 aromatic heterocycles. The highest BCUT2D eigenvalue weighted by Crippen LogP contribution is 2.15. The van der Waals surface area contributed by atoms with E-state index in [9.17, 15) is 4.39 Å². The zero-order chi connectivity index (χ0) is 7.68. The van der Waals surface area contributed by atoms with Crippen molar-refractivity contribution in [3.63, 3.8) is 0 Å². The van der Waals surface area contributed by atoms with E-state index < -0.39 is 0 Å². The third-order valence-corrected chi connectivity index (χ3v) is 1.78. The Morgan fingerprint density at radius 3 is 2.55 bits per heavy atom. The smallest absolute Gasteiger partial charge is 0.123 e. The Bertz CT molecular complexity index is 238. The summed E-state index contributed by atoms with van der Waals surface area (Å²) in [6.45, 7) is 0.859. The average molecular weight is 152 g/mol. The second kappa shape index (κ2) is 2.62. The lowest BCUT2D eigenvalue weighted by Crippen LogP contribution is -1.92. The summed E-state index contributed by atoms with van der Waals surface area (Å²) in [5.74, 6) is -0.175. The molecule has 1 aromatic rings. The van der Waals surface area contributed by atoms with E-state index >= 15 is 0 Å². The maximum absolute atomic E-state index is 12.4. The van der Waals surface area contributed by atoms with Gasteiger partial charge in [-0.1, -0.05) is 12.1 Å². The highest BCUT2D eigenvalue weighted by molar-refractivity contribution is 5.17. The van der Waals surface area contributed by atoms with Gasteiger partial charge in [0.1, 0.15) is 5.82 Å². The number of epoxide rings is 1. The van der Waals surface area contributed by atoms with Crippen LogP contribution in [0.2, 0.25) is 0 Å². The van der Waals surface area contributed by atoms with Crippen LogP contribution in [0.1, 0.15) is 5.56 Å². The van der Waals surface area contributed by atoms with Gasteiger partial charge in [-0.3, -0.25) is 0 Å². The summed E-state index contributed by atoms with van der Waals surface area (Å²) in [5, 5.41) is 0. The number of hydrogen-bond donors (Lipinski definition) is 0. The molecule has 1 aromatic carbocycles. The molecule has 58 valence electrons. The van der Waals surface area contributed by atoms with Crippen molar-refractivity contribution < 1.29 is 9.13 Å². The van der Waals surface area contributed by atoms with Crippen LogP contribution in [-0.2, 0) is 11.2 Å². The van der Waals surface area contributed by atoms with Crippen molar-refractivity contribution in [3.05, 3.63) is 35.6 Å². The van der Waals surface area contributed by atoms with E-state index in [1.165, 1.54) is 12.1 Å². The zero-order valence-electron chi connectivity index (χ0n) is 6.09. The molecule has 0 bridgehead atoms. The highest BCUT2D eigenvalue weighted by atomic mass is 19.1. The van der Waals surface area contributed by atoms with Crippen molar-refractivity contribution >= 4 is 0 Å². The van der Waals surface area contributed by atoms with Gasteiger partial charge < -0.3 is 4.74 Å². The van der Waals surface area contributed by atoms with Crippen molar-refractivity contribution in [3.8, 4) is 0 Å². The fourth-order valence-corrected chi connectivity index (χ4v) is 1.07. The molecule has 2 heteroatoms. The van der Waals surface area contributed by atoms with Crippen LogP contribution in [0.15, 0.2) is 24.3 Å². The van der Waals surface area contributed by atoms with Crippen LogP contribution in [0.4, 0.5) is 4.39 Å². The average Bonchev–Trinajstić information content (AvgIpc) is 2.78. The third-order valence-electron chi connectivity index (χ3n) is 1.78. The lowest BCUT2D eigenvalue weighted by atomic mass is 10.1. The Hall–Kier alpha value is -0.890. The summed E-state index contributed by atoms with van der Waals surface area (Å²) < 4.78 is 17.5. The predicted molar refractivity (Wildman–Crippen MR) is 39.8 cm³/mol. The first-order chi connectivity index (χ1) is 5.34. The molecule has 1 aliphatic heterocycles. The fraction of sp³-hybridized carbons (Fsp3) is 0.333. The summed E-state index contributed by atoms with van der Waals surface area (Å²) in [6.07, 6.45) is 1.31. The second-order valence-electron chi connectivity index (χ2n) is 2.79. The van der Waals surface area contributed by atoms with E-state index in [2.05, 4.69) is 0 Å². The van der Waals surface area contributed by atoms with Gasteiger partial charge in [-0.25, -0.2) is 4.39 Å². The van der Waals surface area contributed by atoms with Crippen molar-refractivity contribution in [2.75, 3.05) is 6.61 Å². The van der Waals surface area contributed by atoms with Gasteiger partial charge in [-0.2, -0.15) is 0 Å². The number of rotatable bonds is 2. The van der Waals surface area contributed by atoms with Crippen LogP contribution >= 0.6 is 0 Å². The van der Waals surface area contributed by atoms with Crippen LogP contribution < -0.4 is 0 Å². The Kier molecular flexibility index (Phi) is 1.62. The van der Waals surface area contributed by atoms with Crippen LogP contribution in [0.25, 0.3) is 0 Å². The number of halogens is 1. The molecule has 1 atom stereocenters. The first-order valence-electron chi connectivity index (χ1n) is 3.70. The summed E-state index contributed by atoms with van der Waals surface area (Å²) in [5.41, 5.74) is 1.15. The van der Waals surface area contributed by atoms with E-state index in [0.717, 1.165) is 18.6 Å². The van der Waals surface area contributed by atoms with Crippen LogP contribution in [-0.4, -0.2) is 12.7 Å². The predicted octanol–water partition coefficient (Wildman–Crippen LogP) is 1.77. The Morgan fingerprint density at radius 1 is 1.36 bits per heavy atom. The summed E-state index contributed by atoms with van der Waals surface area (Å²) in [7, 11) is 0. The molecule has 1 nitrogen and oxygen atoms in total. The molecule has 1 fully saturated rings. The van der Waals surface area contributed by atoms with Gasteiger partial charge in [0.15, 0.2) is 0 Å². The molecule has 1 unspecified atom stereocenters. The van der Waals surface area contributed by atoms with Gasteiger partial charge in [0.05, 0.1) is 12.7 Å². The van der Waals surface area contributed by atoms with Crippen LogP contribution in [0, 0.1) is 5.82 Å². The molecule has 0 N–H and O–H groups in total. The van der Waals surface area contributed by atoms with Crippen LogP contribution in [0.5, 0.6) is 0 Å². The Morgan fingerprint density at radius 2 is 2.00 bits per heavy atom. The Labute approximate surface area is 64.8 Å². The number of benzene rings is 1. The maximum atomic E-state index is 12.4. The van der Waals surface area contributed by atoms with Crippen molar-refractivity contribution in [1.82, 2.24) is 0 Å². The SMILES string of the molecule is Fc1ccc(CC2CO2)cc1. The highest BCUT2D eigenvalue weighted by Gasteiger charge is 2.22. The summed E-state index contributed by atoms with van der Waals surface area (Å²) in [4.78, 5) is 0. The zero-order valence-corrected chi connectivity index (χ0v) is 6.09. The fourth-order valence-electron chi connectivity index (χ4n) is 1.07. The van der Waals surface area contributed by atoms with E-state index in [-0.39, 0.29) is 5.82 Å². The molecule has 2 rings (SSSR count). The Balaban J connectivity index is 2.06. The van der Waals surface area contributed by atoms with Gasteiger partial charge in [0.25, 0.3) is 0 Å². The maximum Gasteiger partial charge on any atom is 0.123 e. The molecule has 0 amide bonds. The molecule has 1 saturated heterocycles. The van der Waals surface area contributed by atoms with E-state index in [1.807, 2.05) is 0 Å². The number of hydrogen-bond acceptors (Lipinski definition) is 1. The molecule has 1 aliphatic rings. The second-order valence-corrected chi connectivity index (χ2v) is 2.79. The topological polar surface area (TPSA) is 12.5 Å². The lowest BCUT2D eigenvalue weighted by Gasteiger charge is -1.95. The van der Waals surface area contributed by atoms with Crippen molar-refractivity contribution in [2.24, 2.45) is 0 Å². The number of ether oxygens (including phenoxy) is 1. The van der Waals surface area contributed by atoms with Gasteiger partial charge in [0.2, 0.25) is 0 Å². The minimum atomic E-state index is -0.175. The van der Waals surface area contributed by atoms with Crippen molar-refractivity contribution in [2.45, 2.75) is 12.5 Å². The summed E-state index contributed by atoms with van der Waals surface area (Å²) in [6, 6.07) is 6.57. The molecular weight excluding hydrogens is 143 g/mol. The molecule has 0 saturated carbocycles. The monoisotopic (exact) mass is 152 g/mol. The molecule has 0 radical (unpaired) electrons. The molecule has 1 heterocycles. The third kappa shape index (κ3) is 1.77. The van der Waals surface area contributed by atoms with Gasteiger partial charge in [-0.15, -0.1) is 0 Å². The van der Waals surface area contributed by atoms with E-state index in [0.29, 0.717) is 6.10 Å². The standard InChI is InChI=1S/C9H9FO/c10-8-3-1-7(2-4-8)5-9-6-11-9/h1-4,9H,5-6H2. The molecule has 0 aliphatic carbocycles. The van der Waals surface area contributed by atoms with Crippen molar-refractivity contribution in [1.29, 1.82) is 0 Å². The van der Waals surface area contributed by atoms with Gasteiger partial charge in [0, 0.05) is 6.42 Å². The minimum absolute atomic E-state index is 0.175. The lowest BCUT2D eigenvalue weighted by molar-refractivity contribution is 0.407. The van der Waals surface area contributed by atoms with Crippen LogP contribution in [0.3, 0.4) is 0 Å². The largest absolute Gasteiger partial charge is 0.373 e. The van der Waals surface area contributed by atoms with E-state index in [4.69, 9.17) is 4.74 Å². The quantitative estimate of drug-likeness (QED) is 0.588. The summed E-state index contributed by atoms with van der Waals surface area (Å²) >= 11 is 0. The normalized spacial score (nSPS) is 21.7. The van der Waals surface area contributed by atoms with Gasteiger partial charge in [-0.05, 0) is 17.7 Å². The first kappa shape index (κ1) is 6.80. The first-order valence-corrected chi connectivity index (χ1v) is 3.70. The van der Waals surface area contributed by atoms with Gasteiger partial charge >= 0.3 is 0 Å². The molecular formula is C9H9FO.